The summed E-state index contributed by atoms with van der Waals surface area (Å²) in [4.78, 5) is 25.5. The number of halogens is 3. The third kappa shape index (κ3) is 3.69. The molecule has 0 radical (unpaired) electrons. The smallest absolute Gasteiger partial charge is 0.262 e. The van der Waals surface area contributed by atoms with Gasteiger partial charge in [0.2, 0.25) is 5.91 Å². The molecule has 2 aromatic carbocycles. The zero-order valence-electron chi connectivity index (χ0n) is 15.5. The molecule has 0 aliphatic heterocycles. The molecule has 3 aromatic rings. The molecule has 3 rings (SSSR count). The fraction of sp³-hybridized carbons (Fsp3) is 0.200. The van der Waals surface area contributed by atoms with Crippen molar-refractivity contribution < 1.29 is 24.2 Å². The standard InChI is InChI=1S/C20H17Cl2FN2O4/c1-9(19(28)24-8-26)18-10(2)25(16-7-15(23)17(27)6-12(16)18)20(29)11-3-4-13(21)14(22)5-11/h3-7,9,26-27H,8H2,1-2H3,(H,24,28)/t9-/m0/s1. The number of rotatable bonds is 4. The van der Waals surface area contributed by atoms with Crippen LogP contribution in [0.1, 0.15) is 34.5 Å². The number of amides is 1. The molecule has 1 aromatic heterocycles. The lowest BCUT2D eigenvalue weighted by Gasteiger charge is -2.13. The molecular formula is C20H17Cl2FN2O4. The molecule has 0 fully saturated rings. The minimum atomic E-state index is -0.905. The van der Waals surface area contributed by atoms with Crippen LogP contribution >= 0.6 is 23.2 Å². The van der Waals surface area contributed by atoms with E-state index in [4.69, 9.17) is 28.3 Å². The van der Waals surface area contributed by atoms with E-state index in [0.717, 1.165) is 6.07 Å². The third-order valence-electron chi connectivity index (χ3n) is 4.77. The lowest BCUT2D eigenvalue weighted by Crippen LogP contribution is -2.29. The van der Waals surface area contributed by atoms with Gasteiger partial charge in [-0.15, -0.1) is 0 Å². The summed E-state index contributed by atoms with van der Waals surface area (Å²) in [5, 5.41) is 21.9. The number of aliphatic hydroxyl groups is 1. The highest BCUT2D eigenvalue weighted by Crippen LogP contribution is 2.36. The van der Waals surface area contributed by atoms with E-state index in [1.165, 1.54) is 28.8 Å². The van der Waals surface area contributed by atoms with Crippen molar-refractivity contribution in [2.24, 2.45) is 0 Å². The molecule has 0 saturated carbocycles. The maximum absolute atomic E-state index is 14.1. The van der Waals surface area contributed by atoms with Gasteiger partial charge in [0.1, 0.15) is 6.73 Å². The van der Waals surface area contributed by atoms with E-state index in [1.807, 2.05) is 0 Å². The van der Waals surface area contributed by atoms with Crippen LogP contribution < -0.4 is 5.32 Å². The average Bonchev–Trinajstić information content (AvgIpc) is 2.94. The SMILES string of the molecule is Cc1c([C@H](C)C(=O)NCO)c2cc(O)c(F)cc2n1C(=O)c1ccc(Cl)c(Cl)c1. The minimum absolute atomic E-state index is 0.186. The van der Waals surface area contributed by atoms with Gasteiger partial charge in [0, 0.05) is 22.7 Å². The normalized spacial score (nSPS) is 12.2. The van der Waals surface area contributed by atoms with Gasteiger partial charge < -0.3 is 15.5 Å². The van der Waals surface area contributed by atoms with E-state index in [1.54, 1.807) is 13.8 Å². The summed E-state index contributed by atoms with van der Waals surface area (Å²) < 4.78 is 15.4. The summed E-state index contributed by atoms with van der Waals surface area (Å²) in [6.45, 7) is 2.65. The number of aromatic nitrogens is 1. The Morgan fingerprint density at radius 2 is 1.90 bits per heavy atom. The van der Waals surface area contributed by atoms with Crippen LogP contribution in [0.4, 0.5) is 4.39 Å². The van der Waals surface area contributed by atoms with Crippen molar-refractivity contribution >= 4 is 45.9 Å². The van der Waals surface area contributed by atoms with Gasteiger partial charge in [-0.25, -0.2) is 4.39 Å². The fourth-order valence-electron chi connectivity index (χ4n) is 3.38. The second kappa shape index (κ2) is 8.02. The van der Waals surface area contributed by atoms with E-state index in [9.17, 15) is 19.1 Å². The number of phenols is 1. The number of hydrogen-bond acceptors (Lipinski definition) is 4. The van der Waals surface area contributed by atoms with E-state index in [-0.39, 0.29) is 21.1 Å². The summed E-state index contributed by atoms with van der Waals surface area (Å²) in [5.41, 5.74) is 1.22. The van der Waals surface area contributed by atoms with Gasteiger partial charge in [-0.1, -0.05) is 23.2 Å². The largest absolute Gasteiger partial charge is 0.505 e. The summed E-state index contributed by atoms with van der Waals surface area (Å²) in [5.74, 6) is -3.28. The highest BCUT2D eigenvalue weighted by atomic mass is 35.5. The van der Waals surface area contributed by atoms with Crippen LogP contribution in [0.3, 0.4) is 0 Å². The maximum Gasteiger partial charge on any atom is 0.262 e. The van der Waals surface area contributed by atoms with Crippen molar-refractivity contribution in [3.8, 4) is 5.75 Å². The van der Waals surface area contributed by atoms with Crippen LogP contribution in [0.15, 0.2) is 30.3 Å². The number of nitrogens with one attached hydrogen (secondary N) is 1. The van der Waals surface area contributed by atoms with Crippen LogP contribution in [-0.2, 0) is 4.79 Å². The molecule has 6 nitrogen and oxygen atoms in total. The number of carbonyl (C=O) groups is 2. The lowest BCUT2D eigenvalue weighted by molar-refractivity contribution is -0.123. The summed E-state index contributed by atoms with van der Waals surface area (Å²) in [7, 11) is 0. The first-order valence-electron chi connectivity index (χ1n) is 8.59. The predicted molar refractivity (Wildman–Crippen MR) is 108 cm³/mol. The molecule has 3 N–H and O–H groups in total. The van der Waals surface area contributed by atoms with Crippen LogP contribution in [-0.4, -0.2) is 33.3 Å². The molecule has 1 amide bonds. The van der Waals surface area contributed by atoms with Gasteiger partial charge in [0.15, 0.2) is 11.6 Å². The zero-order chi connectivity index (χ0) is 21.5. The van der Waals surface area contributed by atoms with Crippen LogP contribution in [0.25, 0.3) is 10.9 Å². The number of nitrogens with zero attached hydrogens (tertiary/aromatic N) is 1. The molecule has 0 aliphatic carbocycles. The number of aromatic hydroxyl groups is 1. The van der Waals surface area contributed by atoms with E-state index >= 15 is 0 Å². The first-order chi connectivity index (χ1) is 13.7. The first kappa shape index (κ1) is 21.1. The molecule has 0 spiro atoms. The van der Waals surface area contributed by atoms with Gasteiger partial charge in [0.05, 0.1) is 21.5 Å². The summed E-state index contributed by atoms with van der Waals surface area (Å²) >= 11 is 11.9. The van der Waals surface area contributed by atoms with Gasteiger partial charge in [-0.3, -0.25) is 14.2 Å². The molecule has 0 aliphatic rings. The maximum atomic E-state index is 14.1. The second-order valence-corrected chi connectivity index (χ2v) is 7.32. The van der Waals surface area contributed by atoms with Gasteiger partial charge >= 0.3 is 0 Å². The number of benzene rings is 2. The molecule has 9 heteroatoms. The Labute approximate surface area is 175 Å². The summed E-state index contributed by atoms with van der Waals surface area (Å²) in [6, 6.07) is 6.57. The molecular weight excluding hydrogens is 422 g/mol. The lowest BCUT2D eigenvalue weighted by atomic mass is 9.97. The van der Waals surface area contributed by atoms with Gasteiger partial charge in [-0.05, 0) is 43.7 Å². The van der Waals surface area contributed by atoms with Crippen molar-refractivity contribution in [2.45, 2.75) is 19.8 Å². The monoisotopic (exact) mass is 438 g/mol. The number of fused-ring (bicyclic) bond motifs is 1. The third-order valence-corrected chi connectivity index (χ3v) is 5.51. The Balaban J connectivity index is 2.28. The average molecular weight is 439 g/mol. The van der Waals surface area contributed by atoms with Gasteiger partial charge in [0.25, 0.3) is 5.91 Å². The van der Waals surface area contributed by atoms with Gasteiger partial charge in [-0.2, -0.15) is 0 Å². The fourth-order valence-corrected chi connectivity index (χ4v) is 3.67. The Kier molecular flexibility index (Phi) is 5.84. The molecule has 0 saturated heterocycles. The highest BCUT2D eigenvalue weighted by molar-refractivity contribution is 6.42. The van der Waals surface area contributed by atoms with Crippen molar-refractivity contribution in [1.82, 2.24) is 9.88 Å². The number of aliphatic hydroxyl groups excluding tert-OH is 1. The molecule has 0 unspecified atom stereocenters. The number of phenolic OH excluding ortho intramolecular Hbond substituents is 1. The quantitative estimate of drug-likeness (QED) is 0.537. The molecule has 1 heterocycles. The number of carbonyl (C=O) groups excluding carboxylic acids is 2. The first-order valence-corrected chi connectivity index (χ1v) is 9.34. The van der Waals surface area contributed by atoms with E-state index in [2.05, 4.69) is 5.32 Å². The Morgan fingerprint density at radius 3 is 2.52 bits per heavy atom. The van der Waals surface area contributed by atoms with Crippen LogP contribution in [0.5, 0.6) is 5.75 Å². The topological polar surface area (TPSA) is 91.6 Å². The van der Waals surface area contributed by atoms with Crippen LogP contribution in [0, 0.1) is 12.7 Å². The highest BCUT2D eigenvalue weighted by Gasteiger charge is 2.27. The van der Waals surface area contributed by atoms with Crippen molar-refractivity contribution in [3.05, 3.63) is 63.0 Å². The van der Waals surface area contributed by atoms with Crippen molar-refractivity contribution in [2.75, 3.05) is 6.73 Å². The molecule has 29 heavy (non-hydrogen) atoms. The van der Waals surface area contributed by atoms with E-state index in [0.29, 0.717) is 16.6 Å². The zero-order valence-corrected chi connectivity index (χ0v) is 17.0. The number of hydrogen-bond donors (Lipinski definition) is 3. The second-order valence-electron chi connectivity index (χ2n) is 6.51. The molecule has 1 atom stereocenters. The Hall–Kier alpha value is -2.61. The van der Waals surface area contributed by atoms with E-state index < -0.39 is 36.0 Å². The summed E-state index contributed by atoms with van der Waals surface area (Å²) in [6.07, 6.45) is 0. The Morgan fingerprint density at radius 1 is 1.21 bits per heavy atom. The molecule has 152 valence electrons. The molecule has 0 bridgehead atoms. The van der Waals surface area contributed by atoms with Crippen molar-refractivity contribution in [3.63, 3.8) is 0 Å². The van der Waals surface area contributed by atoms with Crippen LogP contribution in [0.2, 0.25) is 10.0 Å². The predicted octanol–water partition coefficient (Wildman–Crippen LogP) is 3.96. The minimum Gasteiger partial charge on any atom is -0.505 e. The van der Waals surface area contributed by atoms with Crippen molar-refractivity contribution in [1.29, 1.82) is 0 Å². The Bertz CT molecular complexity index is 1140.